The van der Waals surface area contributed by atoms with E-state index < -0.39 is 0 Å². The molecule has 7 nitrogen and oxygen atoms in total. The van der Waals surface area contributed by atoms with Gasteiger partial charge in [-0.1, -0.05) is 222 Å². The first-order valence-corrected chi connectivity index (χ1v) is 30.1. The Morgan fingerprint density at radius 3 is 0.865 bits per heavy atom. The Morgan fingerprint density at radius 2 is 0.584 bits per heavy atom. The van der Waals surface area contributed by atoms with Gasteiger partial charge in [-0.15, -0.1) is 102 Å². The van der Waals surface area contributed by atoms with E-state index in [2.05, 4.69) is 227 Å². The van der Waals surface area contributed by atoms with Crippen molar-refractivity contribution in [3.8, 4) is 102 Å². The average Bonchev–Trinajstić information content (AvgIpc) is 2.45. The minimum atomic E-state index is 0. The maximum Gasteiger partial charge on any atom is 3.00 e. The summed E-state index contributed by atoms with van der Waals surface area (Å²) in [5, 5.41) is 0. The molecule has 89 heavy (non-hydrogen) atoms. The van der Waals surface area contributed by atoms with Crippen LogP contribution in [-0.4, -0.2) is 34.9 Å². The van der Waals surface area contributed by atoms with E-state index in [-0.39, 0.29) is 41.8 Å². The van der Waals surface area contributed by atoms with Crippen LogP contribution >= 0.6 is 0 Å². The largest absolute Gasteiger partial charge is 3.00 e. The molecule has 5 heterocycles. The summed E-state index contributed by atoms with van der Waals surface area (Å²) in [5.41, 5.74) is 20.4. The van der Waals surface area contributed by atoms with Gasteiger partial charge in [0.05, 0.1) is 22.8 Å². The number of hydrogen-bond donors (Lipinski definition) is 0. The van der Waals surface area contributed by atoms with Gasteiger partial charge in [-0.2, -0.15) is 0 Å². The second-order valence-electron chi connectivity index (χ2n) is 26.1. The smallest absolute Gasteiger partial charge is 0.305 e. The van der Waals surface area contributed by atoms with E-state index in [1.165, 1.54) is 22.3 Å². The third-order valence-corrected chi connectivity index (χ3v) is 15.3. The molecule has 8 heteroatoms. The molecule has 7 aromatic carbocycles. The van der Waals surface area contributed by atoms with E-state index in [4.69, 9.17) is 24.9 Å². The van der Waals surface area contributed by atoms with Gasteiger partial charge in [-0.25, -0.2) is 19.9 Å². The van der Waals surface area contributed by atoms with E-state index in [0.29, 0.717) is 11.6 Å². The van der Waals surface area contributed by atoms with Gasteiger partial charge in [0.25, 0.3) is 0 Å². The van der Waals surface area contributed by atoms with Crippen molar-refractivity contribution in [3.05, 3.63) is 283 Å². The average molecular weight is 1340 g/mol. The number of pyridine rings is 3. The van der Waals surface area contributed by atoms with E-state index >= 15 is 0 Å². The van der Waals surface area contributed by atoms with Gasteiger partial charge in [0, 0.05) is 46.4 Å². The molecule has 0 spiro atoms. The number of rotatable bonds is 9. The Morgan fingerprint density at radius 1 is 0.270 bits per heavy atom. The van der Waals surface area contributed by atoms with Gasteiger partial charge < -0.3 is 15.0 Å². The number of benzene rings is 7. The Balaban J connectivity index is 0.000000308. The van der Waals surface area contributed by atoms with Gasteiger partial charge in [-0.05, 0) is 85.3 Å². The van der Waals surface area contributed by atoms with Crippen LogP contribution in [0.1, 0.15) is 105 Å². The summed E-state index contributed by atoms with van der Waals surface area (Å²) >= 11 is 0. The van der Waals surface area contributed by atoms with E-state index in [0.717, 1.165) is 89.9 Å². The Kier molecular flexibility index (Phi) is 20.1. The molecule has 0 N–H and O–H groups in total. The number of aromatic nitrogens is 7. The van der Waals surface area contributed by atoms with Crippen LogP contribution in [0.15, 0.2) is 243 Å². The van der Waals surface area contributed by atoms with Crippen LogP contribution in [0, 0.1) is 18.2 Å². The molecule has 0 fully saturated rings. The number of nitrogens with zero attached hydrogens (tertiary/aromatic N) is 7. The third-order valence-electron chi connectivity index (χ3n) is 15.3. The molecule has 12 rings (SSSR count). The summed E-state index contributed by atoms with van der Waals surface area (Å²) in [6.45, 7) is 26.8. The maximum atomic E-state index is 5.12. The SMILES string of the molecule is CC(C)(C)c1ccc(-c2cc(-c3ccc(C(C)(C)C)cc3)nc(-c3c[c-]c(-c4ccc(-c5nc(-c6ccc(C(C)(C)C)cc6)cc(-c6ccc(C(C)(C)C)cc6)n5)cn4)cc3)n2)cc1.[Ir+3].[c-]1ccccc1-c1ccccn1.[c-]1ccccc1-c1ccccn1. The summed E-state index contributed by atoms with van der Waals surface area (Å²) < 4.78 is 0. The molecule has 5 aromatic heterocycles. The van der Waals surface area contributed by atoms with Crippen LogP contribution < -0.4 is 0 Å². The first-order valence-electron chi connectivity index (χ1n) is 30.1. The molecule has 0 aliphatic heterocycles. The molecule has 0 aliphatic carbocycles. The van der Waals surface area contributed by atoms with Crippen molar-refractivity contribution in [1.82, 2.24) is 34.9 Å². The summed E-state index contributed by atoms with van der Waals surface area (Å²) in [6.07, 6.45) is 5.44. The third kappa shape index (κ3) is 16.7. The van der Waals surface area contributed by atoms with Gasteiger partial charge in [0.2, 0.25) is 0 Å². The fraction of sp³-hybridized carbons (Fsp3) is 0.198. The van der Waals surface area contributed by atoms with Crippen LogP contribution in [0.5, 0.6) is 0 Å². The first-order chi connectivity index (χ1) is 42.1. The van der Waals surface area contributed by atoms with Crippen molar-refractivity contribution in [2.75, 3.05) is 0 Å². The zero-order valence-corrected chi connectivity index (χ0v) is 55.5. The van der Waals surface area contributed by atoms with Crippen molar-refractivity contribution < 1.29 is 20.1 Å². The fourth-order valence-corrected chi connectivity index (χ4v) is 9.87. The van der Waals surface area contributed by atoms with Crippen LogP contribution in [0.2, 0.25) is 0 Å². The van der Waals surface area contributed by atoms with Crippen LogP contribution in [0.25, 0.3) is 102 Å². The summed E-state index contributed by atoms with van der Waals surface area (Å²) in [6, 6.07) is 86.4. The molecule has 0 aliphatic rings. The predicted octanol–water partition coefficient (Wildman–Crippen LogP) is 20.4. The predicted molar refractivity (Wildman–Crippen MR) is 364 cm³/mol. The molecule has 0 saturated carbocycles. The van der Waals surface area contributed by atoms with E-state index in [1.807, 2.05) is 115 Å². The first kappa shape index (κ1) is 64.3. The standard InChI is InChI=1S/C59H60N5.2C11H8N.Ir/c1-56(2,3)45-26-17-39(18-27-45)50-35-51(40-19-28-46(29-20-40)57(4,5)6)62-54(61-50)43-15-13-38(14-16-43)49-34-25-44(37-60-49)55-63-52(41-21-30-47(31-22-41)58(7,8)9)36-53(64-55)42-23-32-48(33-24-42)59(10,11)12;2*1-2-6-10(7-3-1)11-8-4-5-9-12-11;/h13,15-37H,1-12H3;2*1-6,8-9H;/q3*-1;+3. The Bertz CT molecular complexity index is 3680. The summed E-state index contributed by atoms with van der Waals surface area (Å²) in [7, 11) is 0. The molecule has 12 aromatic rings. The van der Waals surface area contributed by atoms with Crippen molar-refractivity contribution in [2.45, 2.75) is 105 Å². The topological polar surface area (TPSA) is 90.2 Å². The minimum Gasteiger partial charge on any atom is -0.305 e. The molecule has 0 atom stereocenters. The normalized spacial score (nSPS) is 11.5. The maximum absolute atomic E-state index is 5.12. The van der Waals surface area contributed by atoms with Crippen LogP contribution in [0.3, 0.4) is 0 Å². The molecule has 444 valence electrons. The molecule has 0 unspecified atom stereocenters. The zero-order valence-electron chi connectivity index (χ0n) is 53.1. The molecule has 0 bridgehead atoms. The molecule has 0 amide bonds. The van der Waals surface area contributed by atoms with Gasteiger partial charge in [0.15, 0.2) is 5.82 Å². The fourth-order valence-electron chi connectivity index (χ4n) is 9.87. The Hall–Kier alpha value is -9.20. The second kappa shape index (κ2) is 27.9. The molecule has 0 saturated heterocycles. The number of hydrogen-bond acceptors (Lipinski definition) is 7. The monoisotopic (exact) mass is 1340 g/mol. The molecular formula is C81H76IrN7. The van der Waals surface area contributed by atoms with Crippen LogP contribution in [0.4, 0.5) is 0 Å². The Labute approximate surface area is 541 Å². The van der Waals surface area contributed by atoms with Crippen molar-refractivity contribution >= 4 is 0 Å². The quantitative estimate of drug-likeness (QED) is 0.133. The molecule has 0 radical (unpaired) electrons. The van der Waals surface area contributed by atoms with E-state index in [1.54, 1.807) is 12.4 Å². The van der Waals surface area contributed by atoms with Crippen molar-refractivity contribution in [1.29, 1.82) is 0 Å². The summed E-state index contributed by atoms with van der Waals surface area (Å²) in [4.78, 5) is 33.8. The van der Waals surface area contributed by atoms with E-state index in [9.17, 15) is 0 Å². The minimum absolute atomic E-state index is 0. The zero-order chi connectivity index (χ0) is 62.1. The van der Waals surface area contributed by atoms with Crippen molar-refractivity contribution in [3.63, 3.8) is 0 Å². The van der Waals surface area contributed by atoms with Gasteiger partial charge in [-0.3, -0.25) is 0 Å². The van der Waals surface area contributed by atoms with Gasteiger partial charge >= 0.3 is 20.1 Å². The summed E-state index contributed by atoms with van der Waals surface area (Å²) in [5.74, 6) is 1.27. The van der Waals surface area contributed by atoms with Crippen molar-refractivity contribution in [2.24, 2.45) is 0 Å². The van der Waals surface area contributed by atoms with Gasteiger partial charge in [0.1, 0.15) is 5.82 Å². The second-order valence-corrected chi connectivity index (χ2v) is 26.1. The van der Waals surface area contributed by atoms with Crippen LogP contribution in [-0.2, 0) is 41.8 Å². The molecular weight excluding hydrogens is 1260 g/mol.